The van der Waals surface area contributed by atoms with Gasteiger partial charge < -0.3 is 15.8 Å². The average molecular weight is 277 g/mol. The quantitative estimate of drug-likeness (QED) is 0.657. The van der Waals surface area contributed by atoms with Gasteiger partial charge in [0.2, 0.25) is 0 Å². The van der Waals surface area contributed by atoms with Crippen LogP contribution in [0.3, 0.4) is 0 Å². The minimum Gasteiger partial charge on any atom is -0.379 e. The van der Waals surface area contributed by atoms with E-state index in [4.69, 9.17) is 10.5 Å². The molecule has 1 rings (SSSR count). The van der Waals surface area contributed by atoms with Crippen LogP contribution in [0, 0.1) is 19.3 Å². The first-order valence-corrected chi connectivity index (χ1v) is 6.91. The van der Waals surface area contributed by atoms with Gasteiger partial charge >= 0.3 is 0 Å². The van der Waals surface area contributed by atoms with Crippen LogP contribution < -0.4 is 11.1 Å². The predicted molar refractivity (Wildman–Crippen MR) is 86.3 cm³/mol. The largest absolute Gasteiger partial charge is 0.379 e. The molecule has 0 saturated heterocycles. The first-order chi connectivity index (χ1) is 9.24. The molecule has 112 valence electrons. The van der Waals surface area contributed by atoms with Crippen LogP contribution in [0.25, 0.3) is 0 Å². The molecule has 1 atom stereocenters. The van der Waals surface area contributed by atoms with Crippen LogP contribution in [0.1, 0.15) is 31.9 Å². The van der Waals surface area contributed by atoms with Crippen LogP contribution in [0.5, 0.6) is 0 Å². The zero-order valence-corrected chi connectivity index (χ0v) is 13.4. The lowest BCUT2D eigenvalue weighted by Gasteiger charge is -2.27. The Morgan fingerprint density at radius 3 is 2.45 bits per heavy atom. The van der Waals surface area contributed by atoms with Gasteiger partial charge in [-0.1, -0.05) is 26.8 Å². The number of aliphatic imine (C=N–C) groups is 1. The van der Waals surface area contributed by atoms with Crippen molar-refractivity contribution in [3.63, 3.8) is 0 Å². The number of nitrogens with two attached hydrogens (primary N) is 1. The molecule has 0 aliphatic heterocycles. The summed E-state index contributed by atoms with van der Waals surface area (Å²) in [5.74, 6) is 0.416. The summed E-state index contributed by atoms with van der Waals surface area (Å²) >= 11 is 0. The van der Waals surface area contributed by atoms with Gasteiger partial charge in [-0.25, -0.2) is 0 Å². The third-order valence-corrected chi connectivity index (χ3v) is 3.46. The number of aryl methyl sites for hydroxylation is 2. The smallest absolute Gasteiger partial charge is 0.193 e. The van der Waals surface area contributed by atoms with Gasteiger partial charge in [-0.2, -0.15) is 0 Å². The van der Waals surface area contributed by atoms with E-state index in [0.717, 1.165) is 5.69 Å². The molecule has 0 heterocycles. The number of anilines is 1. The molecule has 4 heteroatoms. The van der Waals surface area contributed by atoms with E-state index in [-0.39, 0.29) is 11.5 Å². The van der Waals surface area contributed by atoms with Gasteiger partial charge in [0.15, 0.2) is 5.96 Å². The normalized spacial score (nSPS) is 14.2. The third-order valence-electron chi connectivity index (χ3n) is 3.46. The van der Waals surface area contributed by atoms with Gasteiger partial charge in [-0.15, -0.1) is 0 Å². The van der Waals surface area contributed by atoms with Crippen molar-refractivity contribution in [2.75, 3.05) is 19.0 Å². The summed E-state index contributed by atoms with van der Waals surface area (Å²) in [7, 11) is 1.71. The van der Waals surface area contributed by atoms with E-state index in [1.807, 2.05) is 6.07 Å². The Morgan fingerprint density at radius 1 is 1.30 bits per heavy atom. The predicted octanol–water partition coefficient (Wildman–Crippen LogP) is 3.09. The number of hydrogen-bond donors (Lipinski definition) is 2. The fourth-order valence-corrected chi connectivity index (χ4v) is 1.89. The third kappa shape index (κ3) is 4.85. The zero-order chi connectivity index (χ0) is 15.3. The number of rotatable bonds is 4. The standard InChI is InChI=1S/C16H27N3O/c1-11-7-8-13(9-12(11)2)19-15(17)18-10-14(20-6)16(3,4)5/h7-9,14H,10H2,1-6H3,(H3,17,18,19). The van der Waals surface area contributed by atoms with E-state index in [1.165, 1.54) is 11.1 Å². The molecule has 0 amide bonds. The molecule has 4 nitrogen and oxygen atoms in total. The number of guanidine groups is 1. The lowest BCUT2D eigenvalue weighted by atomic mass is 9.89. The highest BCUT2D eigenvalue weighted by Gasteiger charge is 2.23. The van der Waals surface area contributed by atoms with Gasteiger partial charge in [0.1, 0.15) is 0 Å². The lowest BCUT2D eigenvalue weighted by molar-refractivity contribution is 0.0242. The first kappa shape index (κ1) is 16.5. The highest BCUT2D eigenvalue weighted by molar-refractivity contribution is 5.92. The summed E-state index contributed by atoms with van der Waals surface area (Å²) in [5, 5.41) is 3.11. The van der Waals surface area contributed by atoms with Crippen LogP contribution in [-0.2, 0) is 4.74 Å². The minimum absolute atomic E-state index is 0.0407. The Kier molecular flexibility index (Phi) is 5.57. The second-order valence-corrected chi connectivity index (χ2v) is 6.24. The number of benzene rings is 1. The minimum atomic E-state index is 0.0407. The maximum atomic E-state index is 5.92. The molecule has 20 heavy (non-hydrogen) atoms. The van der Waals surface area contributed by atoms with Crippen LogP contribution >= 0.6 is 0 Å². The molecule has 1 unspecified atom stereocenters. The SMILES string of the molecule is COC(CN=C(N)Nc1ccc(C)c(C)c1)C(C)(C)C. The molecule has 0 saturated carbocycles. The molecule has 0 spiro atoms. The maximum Gasteiger partial charge on any atom is 0.193 e. The second-order valence-electron chi connectivity index (χ2n) is 6.24. The molecule has 3 N–H and O–H groups in total. The molecular formula is C16H27N3O. The van der Waals surface area contributed by atoms with Gasteiger partial charge in [0, 0.05) is 12.8 Å². The molecule has 0 aliphatic rings. The Morgan fingerprint density at radius 2 is 1.95 bits per heavy atom. The van der Waals surface area contributed by atoms with Gasteiger partial charge in [-0.3, -0.25) is 4.99 Å². The van der Waals surface area contributed by atoms with Crippen molar-refractivity contribution in [3.8, 4) is 0 Å². The summed E-state index contributed by atoms with van der Waals surface area (Å²) in [4.78, 5) is 4.37. The topological polar surface area (TPSA) is 59.6 Å². The lowest BCUT2D eigenvalue weighted by Crippen LogP contribution is -2.33. The van der Waals surface area contributed by atoms with Crippen LogP contribution in [0.15, 0.2) is 23.2 Å². The van der Waals surface area contributed by atoms with E-state index in [0.29, 0.717) is 12.5 Å². The van der Waals surface area contributed by atoms with Crippen LogP contribution in [-0.4, -0.2) is 25.7 Å². The first-order valence-electron chi connectivity index (χ1n) is 6.91. The summed E-state index contributed by atoms with van der Waals surface area (Å²) in [6.07, 6.45) is 0.0441. The van der Waals surface area contributed by atoms with Crippen LogP contribution in [0.4, 0.5) is 5.69 Å². The Balaban J connectivity index is 2.68. The average Bonchev–Trinajstić information content (AvgIpc) is 2.33. The van der Waals surface area contributed by atoms with Crippen molar-refractivity contribution in [1.29, 1.82) is 0 Å². The van der Waals surface area contributed by atoms with E-state index >= 15 is 0 Å². The van der Waals surface area contributed by atoms with E-state index in [1.54, 1.807) is 7.11 Å². The molecule has 0 radical (unpaired) electrons. The fraction of sp³-hybridized carbons (Fsp3) is 0.562. The summed E-state index contributed by atoms with van der Waals surface area (Å²) in [5.41, 5.74) is 9.41. The molecule has 0 aliphatic carbocycles. The maximum absolute atomic E-state index is 5.92. The number of ether oxygens (including phenoxy) is 1. The van der Waals surface area contributed by atoms with Gasteiger partial charge in [0.25, 0.3) is 0 Å². The van der Waals surface area contributed by atoms with Crippen molar-refractivity contribution in [1.82, 2.24) is 0 Å². The highest BCUT2D eigenvalue weighted by atomic mass is 16.5. The molecular weight excluding hydrogens is 250 g/mol. The van der Waals surface area contributed by atoms with Gasteiger partial charge in [0.05, 0.1) is 12.6 Å². The Labute approximate surface area is 122 Å². The van der Waals surface area contributed by atoms with Crippen molar-refractivity contribution in [3.05, 3.63) is 29.3 Å². The van der Waals surface area contributed by atoms with Crippen molar-refractivity contribution >= 4 is 11.6 Å². The Bertz CT molecular complexity index is 475. The van der Waals surface area contributed by atoms with Crippen molar-refractivity contribution < 1.29 is 4.74 Å². The molecule has 0 bridgehead atoms. The zero-order valence-electron chi connectivity index (χ0n) is 13.4. The van der Waals surface area contributed by atoms with Crippen molar-refractivity contribution in [2.45, 2.75) is 40.7 Å². The van der Waals surface area contributed by atoms with Gasteiger partial charge in [-0.05, 0) is 42.5 Å². The van der Waals surface area contributed by atoms with Crippen LogP contribution in [0.2, 0.25) is 0 Å². The summed E-state index contributed by atoms with van der Waals surface area (Å²) in [6, 6.07) is 6.13. The number of hydrogen-bond acceptors (Lipinski definition) is 2. The number of methoxy groups -OCH3 is 1. The second kappa shape index (κ2) is 6.75. The highest BCUT2D eigenvalue weighted by Crippen LogP contribution is 2.22. The number of nitrogens with zero attached hydrogens (tertiary/aromatic N) is 1. The van der Waals surface area contributed by atoms with E-state index in [2.05, 4.69) is 57.1 Å². The summed E-state index contributed by atoms with van der Waals surface area (Å²) in [6.45, 7) is 11.1. The monoisotopic (exact) mass is 277 g/mol. The fourth-order valence-electron chi connectivity index (χ4n) is 1.89. The Hall–Kier alpha value is -1.55. The number of nitrogens with one attached hydrogen (secondary N) is 1. The molecule has 1 aromatic carbocycles. The van der Waals surface area contributed by atoms with Crippen molar-refractivity contribution in [2.24, 2.45) is 16.1 Å². The van der Waals surface area contributed by atoms with E-state index in [9.17, 15) is 0 Å². The summed E-state index contributed by atoms with van der Waals surface area (Å²) < 4.78 is 5.46. The van der Waals surface area contributed by atoms with E-state index < -0.39 is 0 Å². The molecule has 1 aromatic rings. The molecule has 0 fully saturated rings. The molecule has 0 aromatic heterocycles.